The SMILES string of the molecule is Nc1ccc(S)cc1.SCc1ccccc1. The van der Waals surface area contributed by atoms with Crippen LogP contribution in [-0.4, -0.2) is 0 Å². The summed E-state index contributed by atoms with van der Waals surface area (Å²) < 4.78 is 0. The summed E-state index contributed by atoms with van der Waals surface area (Å²) in [6, 6.07) is 17.5. The first-order valence-corrected chi connectivity index (χ1v) is 5.99. The Hall–Kier alpha value is -1.06. The van der Waals surface area contributed by atoms with Crippen molar-refractivity contribution in [2.45, 2.75) is 10.6 Å². The van der Waals surface area contributed by atoms with E-state index >= 15 is 0 Å². The van der Waals surface area contributed by atoms with Crippen LogP contribution in [0.5, 0.6) is 0 Å². The second kappa shape index (κ2) is 7.25. The van der Waals surface area contributed by atoms with Crippen LogP contribution in [0.2, 0.25) is 0 Å². The minimum Gasteiger partial charge on any atom is -0.399 e. The third kappa shape index (κ3) is 5.14. The van der Waals surface area contributed by atoms with Gasteiger partial charge in [0.05, 0.1) is 0 Å². The molecule has 0 saturated carbocycles. The summed E-state index contributed by atoms with van der Waals surface area (Å²) in [7, 11) is 0. The summed E-state index contributed by atoms with van der Waals surface area (Å²) in [6.07, 6.45) is 0. The lowest BCUT2D eigenvalue weighted by atomic mass is 10.2. The summed E-state index contributed by atoms with van der Waals surface area (Å²) in [5.41, 5.74) is 7.45. The number of hydrogen-bond acceptors (Lipinski definition) is 3. The molecule has 3 heteroatoms. The van der Waals surface area contributed by atoms with Crippen LogP contribution in [0.25, 0.3) is 0 Å². The number of hydrogen-bond donors (Lipinski definition) is 3. The van der Waals surface area contributed by atoms with Crippen molar-refractivity contribution in [3.05, 3.63) is 60.2 Å². The van der Waals surface area contributed by atoms with E-state index in [2.05, 4.69) is 37.4 Å². The van der Waals surface area contributed by atoms with Crippen molar-refractivity contribution in [2.24, 2.45) is 0 Å². The first-order chi connectivity index (χ1) is 7.72. The fourth-order valence-corrected chi connectivity index (χ4v) is 1.42. The normalized spacial score (nSPS) is 9.12. The van der Waals surface area contributed by atoms with Crippen molar-refractivity contribution in [2.75, 3.05) is 5.73 Å². The number of thiol groups is 2. The second-order valence-corrected chi connectivity index (χ2v) is 4.07. The maximum absolute atomic E-state index is 5.39. The van der Waals surface area contributed by atoms with E-state index in [1.807, 2.05) is 42.5 Å². The predicted molar refractivity (Wildman–Crippen MR) is 77.2 cm³/mol. The van der Waals surface area contributed by atoms with Gasteiger partial charge in [-0.1, -0.05) is 30.3 Å². The molecule has 0 aliphatic carbocycles. The highest BCUT2D eigenvalue weighted by atomic mass is 32.1. The lowest BCUT2D eigenvalue weighted by Gasteiger charge is -1.89. The van der Waals surface area contributed by atoms with E-state index in [0.717, 1.165) is 16.3 Å². The van der Waals surface area contributed by atoms with Crippen LogP contribution in [-0.2, 0) is 5.75 Å². The van der Waals surface area contributed by atoms with Crippen molar-refractivity contribution in [1.29, 1.82) is 0 Å². The lowest BCUT2D eigenvalue weighted by Crippen LogP contribution is -1.80. The van der Waals surface area contributed by atoms with E-state index in [9.17, 15) is 0 Å². The molecule has 2 rings (SSSR count). The third-order valence-electron chi connectivity index (χ3n) is 1.92. The van der Waals surface area contributed by atoms with E-state index in [-0.39, 0.29) is 0 Å². The van der Waals surface area contributed by atoms with E-state index in [1.54, 1.807) is 0 Å². The average Bonchev–Trinajstić information content (AvgIpc) is 2.35. The molecular weight excluding hydrogens is 234 g/mol. The molecule has 0 radical (unpaired) electrons. The largest absolute Gasteiger partial charge is 0.399 e. The Labute approximate surface area is 108 Å². The molecule has 0 saturated heterocycles. The minimum atomic E-state index is 0.780. The van der Waals surface area contributed by atoms with Crippen molar-refractivity contribution in [1.82, 2.24) is 0 Å². The molecule has 0 amide bonds. The van der Waals surface area contributed by atoms with Gasteiger partial charge in [0.1, 0.15) is 0 Å². The Morgan fingerprint density at radius 2 is 1.44 bits per heavy atom. The lowest BCUT2D eigenvalue weighted by molar-refractivity contribution is 1.43. The predicted octanol–water partition coefficient (Wildman–Crippen LogP) is 3.67. The first-order valence-electron chi connectivity index (χ1n) is 4.91. The van der Waals surface area contributed by atoms with Crippen LogP contribution in [0.15, 0.2) is 59.5 Å². The Kier molecular flexibility index (Phi) is 5.90. The summed E-state index contributed by atoms with van der Waals surface area (Å²) in [6.45, 7) is 0. The van der Waals surface area contributed by atoms with E-state index in [0.29, 0.717) is 0 Å². The maximum atomic E-state index is 5.39. The molecule has 0 spiro atoms. The van der Waals surface area contributed by atoms with Crippen LogP contribution in [0.3, 0.4) is 0 Å². The number of nitrogen functional groups attached to an aromatic ring is 1. The maximum Gasteiger partial charge on any atom is 0.0314 e. The van der Waals surface area contributed by atoms with Crippen molar-refractivity contribution < 1.29 is 0 Å². The van der Waals surface area contributed by atoms with Gasteiger partial charge in [0.2, 0.25) is 0 Å². The smallest absolute Gasteiger partial charge is 0.0314 e. The summed E-state index contributed by atoms with van der Waals surface area (Å²) >= 11 is 8.19. The molecule has 2 N–H and O–H groups in total. The summed E-state index contributed by atoms with van der Waals surface area (Å²) in [4.78, 5) is 0.944. The van der Waals surface area contributed by atoms with Gasteiger partial charge >= 0.3 is 0 Å². The molecule has 0 aromatic heterocycles. The molecule has 2 aromatic carbocycles. The molecule has 1 nitrogen and oxygen atoms in total. The Morgan fingerprint density at radius 3 is 1.81 bits per heavy atom. The van der Waals surface area contributed by atoms with Crippen molar-refractivity contribution in [3.8, 4) is 0 Å². The molecule has 0 atom stereocenters. The van der Waals surface area contributed by atoms with Gasteiger partial charge in [-0.2, -0.15) is 12.6 Å². The number of nitrogens with two attached hydrogens (primary N) is 1. The molecule has 84 valence electrons. The van der Waals surface area contributed by atoms with Gasteiger partial charge in [-0.05, 0) is 29.8 Å². The zero-order chi connectivity index (χ0) is 11.8. The number of benzene rings is 2. The zero-order valence-corrected chi connectivity index (χ0v) is 10.7. The van der Waals surface area contributed by atoms with E-state index in [1.165, 1.54) is 5.56 Å². The molecule has 0 heterocycles. The van der Waals surface area contributed by atoms with Crippen LogP contribution < -0.4 is 5.73 Å². The fraction of sp³-hybridized carbons (Fsp3) is 0.0769. The monoisotopic (exact) mass is 249 g/mol. The number of anilines is 1. The topological polar surface area (TPSA) is 26.0 Å². The molecule has 0 unspecified atom stereocenters. The molecule has 0 aliphatic heterocycles. The molecule has 0 bridgehead atoms. The molecule has 2 aromatic rings. The van der Waals surface area contributed by atoms with Crippen molar-refractivity contribution in [3.63, 3.8) is 0 Å². The second-order valence-electron chi connectivity index (χ2n) is 3.24. The Morgan fingerprint density at radius 1 is 0.875 bits per heavy atom. The third-order valence-corrected chi connectivity index (χ3v) is 2.58. The quantitative estimate of drug-likeness (QED) is 0.522. The Bertz CT molecular complexity index is 377. The highest BCUT2D eigenvalue weighted by Gasteiger charge is 1.81. The fourth-order valence-electron chi connectivity index (χ4n) is 1.06. The number of rotatable bonds is 1. The van der Waals surface area contributed by atoms with E-state index in [4.69, 9.17) is 5.73 Å². The molecular formula is C13H15NS2. The minimum absolute atomic E-state index is 0.780. The average molecular weight is 249 g/mol. The molecule has 0 fully saturated rings. The highest BCUT2D eigenvalue weighted by molar-refractivity contribution is 7.80. The van der Waals surface area contributed by atoms with Gasteiger partial charge in [-0.25, -0.2) is 0 Å². The summed E-state index contributed by atoms with van der Waals surface area (Å²) in [5, 5.41) is 0. The van der Waals surface area contributed by atoms with Gasteiger partial charge in [-0.15, -0.1) is 12.6 Å². The van der Waals surface area contributed by atoms with Crippen LogP contribution >= 0.6 is 25.3 Å². The van der Waals surface area contributed by atoms with Crippen LogP contribution in [0.1, 0.15) is 5.56 Å². The first kappa shape index (κ1) is 13.0. The van der Waals surface area contributed by atoms with Gasteiger partial charge in [0.15, 0.2) is 0 Å². The van der Waals surface area contributed by atoms with Gasteiger partial charge in [0.25, 0.3) is 0 Å². The van der Waals surface area contributed by atoms with Crippen LogP contribution in [0.4, 0.5) is 5.69 Å². The molecule has 16 heavy (non-hydrogen) atoms. The van der Waals surface area contributed by atoms with Gasteiger partial charge in [-0.3, -0.25) is 0 Å². The summed E-state index contributed by atoms with van der Waals surface area (Å²) in [5.74, 6) is 0.834. The van der Waals surface area contributed by atoms with Gasteiger partial charge in [0, 0.05) is 16.3 Å². The van der Waals surface area contributed by atoms with Crippen molar-refractivity contribution >= 4 is 30.9 Å². The van der Waals surface area contributed by atoms with Crippen LogP contribution in [0, 0.1) is 0 Å². The molecule has 0 aliphatic rings. The highest BCUT2D eigenvalue weighted by Crippen LogP contribution is 2.07. The zero-order valence-electron chi connectivity index (χ0n) is 8.88. The Balaban J connectivity index is 0.000000160. The van der Waals surface area contributed by atoms with E-state index < -0.39 is 0 Å². The standard InChI is InChI=1S/C7H8S.C6H7NS/c8-6-7-4-2-1-3-5-7;7-5-1-3-6(8)4-2-5/h1-5,8H,6H2;1-4,8H,7H2. The van der Waals surface area contributed by atoms with Gasteiger partial charge < -0.3 is 5.73 Å².